The van der Waals surface area contributed by atoms with Gasteiger partial charge in [-0.1, -0.05) is 0 Å². The maximum atomic E-state index is 10.7. The summed E-state index contributed by atoms with van der Waals surface area (Å²) in [5.41, 5.74) is 0.204. The van der Waals surface area contributed by atoms with Crippen LogP contribution in [0.1, 0.15) is 19.4 Å². The van der Waals surface area contributed by atoms with Crippen molar-refractivity contribution >= 4 is 0 Å². The zero-order valence-corrected chi connectivity index (χ0v) is 10.5. The summed E-state index contributed by atoms with van der Waals surface area (Å²) in [5.74, 6) is -0.545. The lowest BCUT2D eigenvalue weighted by molar-refractivity contribution is -0.273. The molecular weight excluding hydrogens is 218 g/mol. The summed E-state index contributed by atoms with van der Waals surface area (Å²) in [6.07, 6.45) is 0. The molecule has 1 saturated heterocycles. The minimum absolute atomic E-state index is 0.492. The van der Waals surface area contributed by atoms with E-state index in [1.807, 2.05) is 38.1 Å². The number of nitrogens with one attached hydrogen (secondary N) is 1. The lowest BCUT2D eigenvalue weighted by Crippen LogP contribution is -2.63. The highest BCUT2D eigenvalue weighted by Crippen LogP contribution is 2.36. The molecule has 0 unspecified atom stereocenters. The van der Waals surface area contributed by atoms with Gasteiger partial charge in [-0.3, -0.25) is 0 Å². The van der Waals surface area contributed by atoms with E-state index in [2.05, 4.69) is 5.32 Å². The highest BCUT2D eigenvalue weighted by Gasteiger charge is 2.48. The Bertz CT molecular complexity index is 388. The molecule has 1 aromatic rings. The third-order valence-corrected chi connectivity index (χ3v) is 3.31. The van der Waals surface area contributed by atoms with E-state index in [1.165, 1.54) is 0 Å². The van der Waals surface area contributed by atoms with E-state index >= 15 is 0 Å². The fourth-order valence-electron chi connectivity index (χ4n) is 2.12. The van der Waals surface area contributed by atoms with Crippen LogP contribution in [0.25, 0.3) is 0 Å². The summed E-state index contributed by atoms with van der Waals surface area (Å²) in [6.45, 7) is 5.09. The molecule has 0 aromatic heterocycles. The number of hydrogen-bond donors (Lipinski definition) is 2. The summed E-state index contributed by atoms with van der Waals surface area (Å²) in [7, 11) is 1.62. The first-order valence-corrected chi connectivity index (χ1v) is 5.75. The van der Waals surface area contributed by atoms with E-state index in [0.29, 0.717) is 6.61 Å². The number of hydrogen-bond acceptors (Lipinski definition) is 4. The van der Waals surface area contributed by atoms with Gasteiger partial charge in [0.15, 0.2) is 0 Å². The van der Waals surface area contributed by atoms with Gasteiger partial charge in [0.25, 0.3) is 0 Å². The monoisotopic (exact) mass is 237 g/mol. The largest absolute Gasteiger partial charge is 0.497 e. The first-order valence-electron chi connectivity index (χ1n) is 5.75. The Hall–Kier alpha value is -1.10. The van der Waals surface area contributed by atoms with Crippen molar-refractivity contribution in [3.05, 3.63) is 29.8 Å². The first-order chi connectivity index (χ1) is 7.99. The van der Waals surface area contributed by atoms with Gasteiger partial charge in [0, 0.05) is 12.1 Å². The van der Waals surface area contributed by atoms with Crippen LogP contribution in [0.3, 0.4) is 0 Å². The van der Waals surface area contributed by atoms with Crippen molar-refractivity contribution in [3.8, 4) is 5.75 Å². The Morgan fingerprint density at radius 3 is 2.47 bits per heavy atom. The topological polar surface area (TPSA) is 50.7 Å². The zero-order valence-electron chi connectivity index (χ0n) is 10.5. The van der Waals surface area contributed by atoms with Crippen molar-refractivity contribution in [3.63, 3.8) is 0 Å². The third kappa shape index (κ3) is 2.04. The molecule has 1 atom stereocenters. The molecule has 4 nitrogen and oxygen atoms in total. The lowest BCUT2D eigenvalue weighted by Gasteiger charge is -2.46. The maximum Gasteiger partial charge on any atom is 0.210 e. The molecule has 1 heterocycles. The molecule has 0 saturated carbocycles. The first kappa shape index (κ1) is 12.4. The molecule has 1 fully saturated rings. The Morgan fingerprint density at radius 1 is 1.29 bits per heavy atom. The highest BCUT2D eigenvalue weighted by atomic mass is 16.6. The molecule has 0 radical (unpaired) electrons. The van der Waals surface area contributed by atoms with Crippen LogP contribution in [0.5, 0.6) is 5.75 Å². The average molecular weight is 237 g/mol. The minimum atomic E-state index is -1.31. The number of morpholine rings is 1. The molecule has 0 bridgehead atoms. The van der Waals surface area contributed by atoms with Crippen molar-refractivity contribution < 1.29 is 14.6 Å². The Balaban J connectivity index is 2.35. The third-order valence-electron chi connectivity index (χ3n) is 3.31. The van der Waals surface area contributed by atoms with E-state index in [-0.39, 0.29) is 0 Å². The second-order valence-corrected chi connectivity index (χ2v) is 4.77. The highest BCUT2D eigenvalue weighted by molar-refractivity contribution is 5.32. The molecule has 0 aliphatic carbocycles. The van der Waals surface area contributed by atoms with Crippen LogP contribution >= 0.6 is 0 Å². The SMILES string of the molecule is COc1ccc([C@@]2(O)OCCNC2(C)C)cc1. The van der Waals surface area contributed by atoms with Crippen LogP contribution < -0.4 is 10.1 Å². The van der Waals surface area contributed by atoms with Crippen molar-refractivity contribution in [2.45, 2.75) is 25.2 Å². The van der Waals surface area contributed by atoms with E-state index < -0.39 is 11.3 Å². The number of rotatable bonds is 2. The van der Waals surface area contributed by atoms with Crippen LogP contribution in [-0.2, 0) is 10.5 Å². The van der Waals surface area contributed by atoms with Crippen LogP contribution in [0.15, 0.2) is 24.3 Å². The van der Waals surface area contributed by atoms with Crippen molar-refractivity contribution in [1.82, 2.24) is 5.32 Å². The molecule has 2 rings (SSSR count). The average Bonchev–Trinajstić information content (AvgIpc) is 2.33. The fourth-order valence-corrected chi connectivity index (χ4v) is 2.12. The van der Waals surface area contributed by atoms with Crippen LogP contribution in [-0.4, -0.2) is 30.9 Å². The Morgan fingerprint density at radius 2 is 1.94 bits per heavy atom. The summed E-state index contributed by atoms with van der Waals surface area (Å²) in [5, 5.41) is 14.0. The normalized spacial score (nSPS) is 27.8. The molecule has 94 valence electrons. The molecule has 1 aliphatic rings. The van der Waals surface area contributed by atoms with Gasteiger partial charge in [-0.2, -0.15) is 0 Å². The molecule has 17 heavy (non-hydrogen) atoms. The van der Waals surface area contributed by atoms with Crippen molar-refractivity contribution in [2.24, 2.45) is 0 Å². The van der Waals surface area contributed by atoms with Gasteiger partial charge >= 0.3 is 0 Å². The minimum Gasteiger partial charge on any atom is -0.497 e. The van der Waals surface area contributed by atoms with Gasteiger partial charge in [-0.25, -0.2) is 0 Å². The molecular formula is C13H19NO3. The number of benzene rings is 1. The van der Waals surface area contributed by atoms with Gasteiger partial charge in [-0.15, -0.1) is 0 Å². The predicted molar refractivity (Wildman–Crippen MR) is 64.9 cm³/mol. The summed E-state index contributed by atoms with van der Waals surface area (Å²) < 4.78 is 10.7. The van der Waals surface area contributed by atoms with Crippen molar-refractivity contribution in [1.29, 1.82) is 0 Å². The molecule has 1 aliphatic heterocycles. The molecule has 4 heteroatoms. The van der Waals surface area contributed by atoms with Crippen LogP contribution in [0.4, 0.5) is 0 Å². The summed E-state index contributed by atoms with van der Waals surface area (Å²) in [6, 6.07) is 7.30. The zero-order chi connectivity index (χ0) is 12.5. The Labute approximate surface area is 102 Å². The summed E-state index contributed by atoms with van der Waals surface area (Å²) in [4.78, 5) is 0. The van der Waals surface area contributed by atoms with Gasteiger partial charge < -0.3 is 19.9 Å². The number of aliphatic hydroxyl groups is 1. The van der Waals surface area contributed by atoms with E-state index in [1.54, 1.807) is 7.11 Å². The van der Waals surface area contributed by atoms with Crippen LogP contribution in [0, 0.1) is 0 Å². The van der Waals surface area contributed by atoms with Crippen LogP contribution in [0.2, 0.25) is 0 Å². The van der Waals surface area contributed by atoms with E-state index in [0.717, 1.165) is 17.9 Å². The Kier molecular flexibility index (Phi) is 3.12. The fraction of sp³-hybridized carbons (Fsp3) is 0.538. The van der Waals surface area contributed by atoms with Crippen molar-refractivity contribution in [2.75, 3.05) is 20.3 Å². The maximum absolute atomic E-state index is 10.7. The van der Waals surface area contributed by atoms with Gasteiger partial charge in [0.2, 0.25) is 5.79 Å². The lowest BCUT2D eigenvalue weighted by atomic mass is 9.86. The van der Waals surface area contributed by atoms with Gasteiger partial charge in [0.1, 0.15) is 5.75 Å². The van der Waals surface area contributed by atoms with E-state index in [4.69, 9.17) is 9.47 Å². The molecule has 2 N–H and O–H groups in total. The number of ether oxygens (including phenoxy) is 2. The van der Waals surface area contributed by atoms with E-state index in [9.17, 15) is 5.11 Å². The smallest absolute Gasteiger partial charge is 0.210 e. The molecule has 1 aromatic carbocycles. The summed E-state index contributed by atoms with van der Waals surface area (Å²) >= 11 is 0. The van der Waals surface area contributed by atoms with Gasteiger partial charge in [-0.05, 0) is 38.1 Å². The standard InChI is InChI=1S/C13H19NO3/c1-12(2)13(15,17-9-8-14-12)10-4-6-11(16-3)7-5-10/h4-7,14-15H,8-9H2,1-3H3/t13-/m1/s1. The molecule has 0 amide bonds. The second kappa shape index (κ2) is 4.29. The van der Waals surface area contributed by atoms with Gasteiger partial charge in [0.05, 0.1) is 19.3 Å². The molecule has 0 spiro atoms. The quantitative estimate of drug-likeness (QED) is 0.812. The second-order valence-electron chi connectivity index (χ2n) is 4.77. The number of methoxy groups -OCH3 is 1. The predicted octanol–water partition coefficient (Wildman–Crippen LogP) is 1.24.